The Hall–Kier alpha value is -1.43. The van der Waals surface area contributed by atoms with Crippen molar-refractivity contribution in [3.05, 3.63) is 5.89 Å². The summed E-state index contributed by atoms with van der Waals surface area (Å²) >= 11 is 0. The maximum absolute atomic E-state index is 10.9. The molecule has 0 radical (unpaired) electrons. The molecule has 0 unspecified atom stereocenters. The molecule has 2 heterocycles. The summed E-state index contributed by atoms with van der Waals surface area (Å²) in [7, 11) is 2.10. The first kappa shape index (κ1) is 12.0. The number of piperazine rings is 1. The summed E-state index contributed by atoms with van der Waals surface area (Å²) in [6, 6.07) is 0. The Labute approximate surface area is 101 Å². The lowest BCUT2D eigenvalue weighted by Gasteiger charge is -2.31. The van der Waals surface area contributed by atoms with Crippen molar-refractivity contribution in [2.45, 2.75) is 19.8 Å². The molecule has 6 heteroatoms. The highest BCUT2D eigenvalue weighted by Crippen LogP contribution is 2.12. The summed E-state index contributed by atoms with van der Waals surface area (Å²) < 4.78 is 5.13. The van der Waals surface area contributed by atoms with Gasteiger partial charge in [-0.05, 0) is 19.1 Å². The number of likely N-dealkylation sites (N-methyl/N-ethyl adjacent to an activating group) is 1. The van der Waals surface area contributed by atoms with Crippen LogP contribution in [-0.2, 0) is 11.2 Å². The van der Waals surface area contributed by atoms with Crippen LogP contribution in [0, 0.1) is 0 Å². The fraction of sp³-hybridized carbons (Fsp3) is 0.727. The van der Waals surface area contributed by atoms with Crippen molar-refractivity contribution >= 4 is 11.7 Å². The maximum atomic E-state index is 10.9. The molecule has 0 atom stereocenters. The van der Waals surface area contributed by atoms with Gasteiger partial charge < -0.3 is 19.1 Å². The number of rotatable bonds is 4. The van der Waals surface area contributed by atoms with Gasteiger partial charge in [-0.1, -0.05) is 0 Å². The highest BCUT2D eigenvalue weighted by molar-refractivity contribution is 5.75. The minimum absolute atomic E-state index is 0.143. The molecule has 0 amide bonds. The van der Waals surface area contributed by atoms with E-state index in [1.807, 2.05) is 0 Å². The lowest BCUT2D eigenvalue weighted by Crippen LogP contribution is -2.44. The molecule has 1 aromatic rings. The topological polar surface area (TPSA) is 62.5 Å². The maximum Gasteiger partial charge on any atom is 0.266 e. The molecule has 1 saturated heterocycles. The SMILES string of the molecule is CC(=O)CCc1nc(N2CCN(C)CC2)no1. The van der Waals surface area contributed by atoms with Gasteiger partial charge >= 0.3 is 0 Å². The molecule has 1 aliphatic heterocycles. The van der Waals surface area contributed by atoms with Gasteiger partial charge in [-0.25, -0.2) is 0 Å². The summed E-state index contributed by atoms with van der Waals surface area (Å²) in [6.45, 7) is 5.43. The van der Waals surface area contributed by atoms with Crippen molar-refractivity contribution in [2.24, 2.45) is 0 Å². The highest BCUT2D eigenvalue weighted by Gasteiger charge is 2.18. The standard InChI is InChI=1S/C11H18N4O2/c1-9(16)3-4-10-12-11(13-17-10)15-7-5-14(2)6-8-15/h3-8H2,1-2H3. The quantitative estimate of drug-likeness (QED) is 0.754. The van der Waals surface area contributed by atoms with Crippen LogP contribution < -0.4 is 4.90 Å². The third kappa shape index (κ3) is 3.26. The first-order valence-electron chi connectivity index (χ1n) is 5.90. The molecule has 1 fully saturated rings. The van der Waals surface area contributed by atoms with Gasteiger partial charge in [0, 0.05) is 39.0 Å². The van der Waals surface area contributed by atoms with Gasteiger partial charge in [0.25, 0.3) is 5.95 Å². The van der Waals surface area contributed by atoms with Gasteiger partial charge in [-0.2, -0.15) is 4.98 Å². The molecule has 17 heavy (non-hydrogen) atoms. The van der Waals surface area contributed by atoms with Crippen LogP contribution in [0.25, 0.3) is 0 Å². The van der Waals surface area contributed by atoms with Gasteiger partial charge in [-0.15, -0.1) is 0 Å². The zero-order valence-corrected chi connectivity index (χ0v) is 10.3. The second-order valence-corrected chi connectivity index (χ2v) is 4.48. The summed E-state index contributed by atoms with van der Waals surface area (Å²) in [4.78, 5) is 19.5. The van der Waals surface area contributed by atoms with Crippen LogP contribution in [0.1, 0.15) is 19.2 Å². The van der Waals surface area contributed by atoms with E-state index in [1.165, 1.54) is 0 Å². The average molecular weight is 238 g/mol. The number of hydrogen-bond donors (Lipinski definition) is 0. The largest absolute Gasteiger partial charge is 0.337 e. The Bertz CT molecular complexity index is 383. The molecule has 2 rings (SSSR count). The molecule has 94 valence electrons. The molecule has 6 nitrogen and oxygen atoms in total. The van der Waals surface area contributed by atoms with E-state index in [4.69, 9.17) is 4.52 Å². The second-order valence-electron chi connectivity index (χ2n) is 4.48. The summed E-state index contributed by atoms with van der Waals surface area (Å²) in [5.41, 5.74) is 0. The predicted molar refractivity (Wildman–Crippen MR) is 63.0 cm³/mol. The fourth-order valence-corrected chi connectivity index (χ4v) is 1.77. The van der Waals surface area contributed by atoms with E-state index in [1.54, 1.807) is 6.92 Å². The van der Waals surface area contributed by atoms with E-state index in [0.717, 1.165) is 26.2 Å². The fourth-order valence-electron chi connectivity index (χ4n) is 1.77. The first-order valence-corrected chi connectivity index (χ1v) is 5.90. The molecule has 0 saturated carbocycles. The van der Waals surface area contributed by atoms with Crippen molar-refractivity contribution in [3.63, 3.8) is 0 Å². The van der Waals surface area contributed by atoms with Crippen molar-refractivity contribution in [1.29, 1.82) is 0 Å². The molecular formula is C11H18N4O2. The van der Waals surface area contributed by atoms with Gasteiger partial charge in [0.15, 0.2) is 0 Å². The number of Topliss-reactive ketones (excluding diaryl/α,β-unsaturated/α-hetero) is 1. The van der Waals surface area contributed by atoms with Crippen molar-refractivity contribution in [1.82, 2.24) is 15.0 Å². The van der Waals surface area contributed by atoms with Gasteiger partial charge in [0.2, 0.25) is 5.89 Å². The van der Waals surface area contributed by atoms with Crippen molar-refractivity contribution in [2.75, 3.05) is 38.1 Å². The highest BCUT2D eigenvalue weighted by atomic mass is 16.5. The first-order chi connectivity index (χ1) is 8.15. The number of hydrogen-bond acceptors (Lipinski definition) is 6. The van der Waals surface area contributed by atoms with Gasteiger partial charge in [0.1, 0.15) is 5.78 Å². The predicted octanol–water partition coefficient (Wildman–Crippen LogP) is 0.343. The van der Waals surface area contributed by atoms with Crippen LogP contribution in [0.4, 0.5) is 5.95 Å². The number of carbonyl (C=O) groups is 1. The Balaban J connectivity index is 1.91. The number of nitrogens with zero attached hydrogens (tertiary/aromatic N) is 4. The van der Waals surface area contributed by atoms with Crippen LogP contribution in [0.15, 0.2) is 4.52 Å². The Morgan fingerprint density at radius 3 is 2.71 bits per heavy atom. The van der Waals surface area contributed by atoms with E-state index >= 15 is 0 Å². The van der Waals surface area contributed by atoms with E-state index in [2.05, 4.69) is 27.0 Å². The molecule has 1 aliphatic rings. The molecule has 0 bridgehead atoms. The average Bonchev–Trinajstić information content (AvgIpc) is 2.76. The molecule has 0 aliphatic carbocycles. The Kier molecular flexibility index (Phi) is 3.73. The molecule has 0 N–H and O–H groups in total. The zero-order chi connectivity index (χ0) is 12.3. The third-order valence-electron chi connectivity index (χ3n) is 2.93. The number of carbonyl (C=O) groups excluding carboxylic acids is 1. The number of anilines is 1. The number of aryl methyl sites for hydroxylation is 1. The minimum atomic E-state index is 0.143. The van der Waals surface area contributed by atoms with E-state index in [0.29, 0.717) is 24.7 Å². The van der Waals surface area contributed by atoms with Crippen molar-refractivity contribution < 1.29 is 9.32 Å². The van der Waals surface area contributed by atoms with E-state index < -0.39 is 0 Å². The van der Waals surface area contributed by atoms with Crippen molar-refractivity contribution in [3.8, 4) is 0 Å². The molecular weight excluding hydrogens is 220 g/mol. The van der Waals surface area contributed by atoms with Crippen LogP contribution in [0.2, 0.25) is 0 Å². The van der Waals surface area contributed by atoms with Gasteiger partial charge in [0.05, 0.1) is 0 Å². The van der Waals surface area contributed by atoms with Crippen LogP contribution in [0.3, 0.4) is 0 Å². The monoisotopic (exact) mass is 238 g/mol. The molecule has 0 aromatic carbocycles. The Morgan fingerprint density at radius 1 is 1.35 bits per heavy atom. The second kappa shape index (κ2) is 5.27. The zero-order valence-electron chi connectivity index (χ0n) is 10.3. The molecule has 1 aromatic heterocycles. The summed E-state index contributed by atoms with van der Waals surface area (Å²) in [6.07, 6.45) is 1.00. The molecule has 0 spiro atoms. The van der Waals surface area contributed by atoms with Gasteiger partial charge in [-0.3, -0.25) is 0 Å². The normalized spacial score (nSPS) is 17.4. The summed E-state index contributed by atoms with van der Waals surface area (Å²) in [5.74, 6) is 1.34. The number of aromatic nitrogens is 2. The summed E-state index contributed by atoms with van der Waals surface area (Å²) in [5, 5.41) is 3.95. The lowest BCUT2D eigenvalue weighted by atomic mass is 10.2. The van der Waals surface area contributed by atoms with Crippen LogP contribution in [-0.4, -0.2) is 54.1 Å². The number of ketones is 1. The lowest BCUT2D eigenvalue weighted by molar-refractivity contribution is -0.117. The minimum Gasteiger partial charge on any atom is -0.337 e. The van der Waals surface area contributed by atoms with E-state index in [9.17, 15) is 4.79 Å². The third-order valence-corrected chi connectivity index (χ3v) is 2.93. The van der Waals surface area contributed by atoms with E-state index in [-0.39, 0.29) is 5.78 Å². The van der Waals surface area contributed by atoms with Crippen LogP contribution in [0.5, 0.6) is 0 Å². The van der Waals surface area contributed by atoms with Crippen LogP contribution >= 0.6 is 0 Å². The Morgan fingerprint density at radius 2 is 2.06 bits per heavy atom. The smallest absolute Gasteiger partial charge is 0.266 e.